The minimum atomic E-state index is -1.00. The highest BCUT2D eigenvalue weighted by Gasteiger charge is 2.16. The topological polar surface area (TPSA) is 79.5 Å². The Balaban J connectivity index is 1.98. The molecule has 0 saturated heterocycles. The smallest absolute Gasteiger partial charge is 0.339 e. The molecule has 0 radical (unpaired) electrons. The molecule has 0 aliphatic heterocycles. The van der Waals surface area contributed by atoms with Crippen molar-refractivity contribution >= 4 is 34.0 Å². The van der Waals surface area contributed by atoms with Gasteiger partial charge in [0.1, 0.15) is 11.4 Å². The maximum atomic E-state index is 11.4. The van der Waals surface area contributed by atoms with E-state index in [1.807, 2.05) is 37.3 Å². The molecule has 0 aliphatic rings. The highest BCUT2D eigenvalue weighted by atomic mass is 16.4. The molecular weight excluding hydrogens is 304 g/mol. The van der Waals surface area contributed by atoms with E-state index in [0.717, 1.165) is 22.2 Å². The van der Waals surface area contributed by atoms with E-state index in [4.69, 9.17) is 0 Å². The molecule has 24 heavy (non-hydrogen) atoms. The summed E-state index contributed by atoms with van der Waals surface area (Å²) in [6.45, 7) is 2.01. The predicted octanol–water partition coefficient (Wildman–Crippen LogP) is 3.63. The van der Waals surface area contributed by atoms with Gasteiger partial charge in [-0.15, -0.1) is 0 Å². The van der Waals surface area contributed by atoms with E-state index in [-0.39, 0.29) is 5.56 Å². The summed E-state index contributed by atoms with van der Waals surface area (Å²) in [7, 11) is 0. The lowest BCUT2D eigenvalue weighted by molar-refractivity contribution is 0.0699. The summed E-state index contributed by atoms with van der Waals surface area (Å²) in [4.78, 5) is 20.1. The number of benzene rings is 1. The van der Waals surface area contributed by atoms with Crippen LogP contribution in [0.2, 0.25) is 0 Å². The second-order valence-electron chi connectivity index (χ2n) is 5.58. The predicted molar refractivity (Wildman–Crippen MR) is 91.9 cm³/mol. The fourth-order valence-corrected chi connectivity index (χ4v) is 2.80. The molecule has 0 saturated carbocycles. The van der Waals surface area contributed by atoms with Crippen molar-refractivity contribution in [2.45, 2.75) is 6.92 Å². The molecule has 0 spiro atoms. The van der Waals surface area contributed by atoms with Gasteiger partial charge in [0.05, 0.1) is 11.7 Å². The van der Waals surface area contributed by atoms with Crippen LogP contribution in [0, 0.1) is 6.92 Å². The number of nitrogens with one attached hydrogen (secondary N) is 1. The lowest BCUT2D eigenvalue weighted by Gasteiger charge is -2.11. The van der Waals surface area contributed by atoms with E-state index in [2.05, 4.69) is 15.3 Å². The van der Waals surface area contributed by atoms with Crippen LogP contribution in [-0.4, -0.2) is 25.4 Å². The Bertz CT molecular complexity index is 1080. The van der Waals surface area contributed by atoms with Crippen LogP contribution in [-0.2, 0) is 0 Å². The molecule has 0 bridgehead atoms. The number of carboxylic acids is 1. The molecule has 0 aliphatic carbocycles. The van der Waals surface area contributed by atoms with Crippen molar-refractivity contribution in [3.8, 4) is 0 Å². The summed E-state index contributed by atoms with van der Waals surface area (Å²) in [5.74, 6) is -0.401. The minimum Gasteiger partial charge on any atom is -0.478 e. The van der Waals surface area contributed by atoms with Crippen molar-refractivity contribution in [2.75, 3.05) is 5.32 Å². The van der Waals surface area contributed by atoms with Gasteiger partial charge in [-0.25, -0.2) is 9.78 Å². The molecule has 3 heterocycles. The molecule has 6 heteroatoms. The summed E-state index contributed by atoms with van der Waals surface area (Å²) < 4.78 is 1.74. The Labute approximate surface area is 137 Å². The first-order valence-electron chi connectivity index (χ1n) is 7.45. The monoisotopic (exact) mass is 318 g/mol. The van der Waals surface area contributed by atoms with Crippen LogP contribution >= 0.6 is 0 Å². The second-order valence-corrected chi connectivity index (χ2v) is 5.58. The second kappa shape index (κ2) is 5.34. The number of nitrogens with zero attached hydrogens (tertiary/aromatic N) is 3. The number of anilines is 2. The minimum absolute atomic E-state index is 0.160. The van der Waals surface area contributed by atoms with Gasteiger partial charge in [-0.05, 0) is 36.8 Å². The van der Waals surface area contributed by atoms with Gasteiger partial charge in [-0.3, -0.25) is 9.38 Å². The van der Waals surface area contributed by atoms with Crippen LogP contribution in [0.3, 0.4) is 0 Å². The van der Waals surface area contributed by atoms with Gasteiger partial charge in [0.2, 0.25) is 0 Å². The summed E-state index contributed by atoms with van der Waals surface area (Å²) in [5, 5.41) is 13.5. The van der Waals surface area contributed by atoms with Crippen LogP contribution < -0.4 is 5.32 Å². The SMILES string of the molecule is Cc1cccc(Nc2nc3c(C(=O)O)ccn3c3cnccc23)c1. The van der Waals surface area contributed by atoms with Crippen molar-refractivity contribution in [1.82, 2.24) is 14.4 Å². The van der Waals surface area contributed by atoms with Crippen LogP contribution in [0.25, 0.3) is 16.6 Å². The highest BCUT2D eigenvalue weighted by Crippen LogP contribution is 2.27. The maximum Gasteiger partial charge on any atom is 0.339 e. The molecule has 3 aromatic heterocycles. The van der Waals surface area contributed by atoms with Gasteiger partial charge in [-0.1, -0.05) is 12.1 Å². The zero-order valence-electron chi connectivity index (χ0n) is 12.9. The summed E-state index contributed by atoms with van der Waals surface area (Å²) in [6, 6.07) is 11.3. The number of hydrogen-bond acceptors (Lipinski definition) is 4. The highest BCUT2D eigenvalue weighted by molar-refractivity contribution is 5.99. The normalized spacial score (nSPS) is 11.0. The molecule has 118 valence electrons. The Morgan fingerprint density at radius 3 is 2.92 bits per heavy atom. The number of carboxylic acid groups (broad SMARTS) is 1. The van der Waals surface area contributed by atoms with E-state index < -0.39 is 5.97 Å². The van der Waals surface area contributed by atoms with Gasteiger partial charge < -0.3 is 10.4 Å². The van der Waals surface area contributed by atoms with Crippen molar-refractivity contribution in [3.63, 3.8) is 0 Å². The van der Waals surface area contributed by atoms with Gasteiger partial charge in [0.15, 0.2) is 5.65 Å². The number of rotatable bonds is 3. The standard InChI is InChI=1S/C18H14N4O2/c1-11-3-2-4-12(9-11)20-16-13-5-7-19-10-15(13)22-8-6-14(18(23)24)17(22)21-16/h2-10H,1H3,(H,20,21)(H,23,24). The van der Waals surface area contributed by atoms with Crippen molar-refractivity contribution < 1.29 is 9.90 Å². The number of pyridine rings is 1. The fraction of sp³-hybridized carbons (Fsp3) is 0.0556. The Hall–Kier alpha value is -3.41. The first-order chi connectivity index (χ1) is 11.6. The van der Waals surface area contributed by atoms with Crippen LogP contribution in [0.5, 0.6) is 0 Å². The van der Waals surface area contributed by atoms with Gasteiger partial charge in [0, 0.05) is 23.5 Å². The number of fused-ring (bicyclic) bond motifs is 3. The van der Waals surface area contributed by atoms with Gasteiger partial charge >= 0.3 is 5.97 Å². The maximum absolute atomic E-state index is 11.4. The third kappa shape index (κ3) is 2.25. The van der Waals surface area contributed by atoms with Crippen LogP contribution in [0.1, 0.15) is 15.9 Å². The average Bonchev–Trinajstić information content (AvgIpc) is 2.99. The quantitative estimate of drug-likeness (QED) is 0.603. The van der Waals surface area contributed by atoms with Crippen LogP contribution in [0.15, 0.2) is 55.0 Å². The molecule has 4 rings (SSSR count). The third-order valence-corrected chi connectivity index (χ3v) is 3.90. The van der Waals surface area contributed by atoms with Crippen molar-refractivity contribution in [1.29, 1.82) is 0 Å². The van der Waals surface area contributed by atoms with E-state index in [1.165, 1.54) is 0 Å². The number of aryl methyl sites for hydroxylation is 1. The third-order valence-electron chi connectivity index (χ3n) is 3.90. The first kappa shape index (κ1) is 14.2. The van der Waals surface area contributed by atoms with E-state index in [0.29, 0.717) is 11.5 Å². The summed E-state index contributed by atoms with van der Waals surface area (Å²) >= 11 is 0. The summed E-state index contributed by atoms with van der Waals surface area (Å²) in [5.41, 5.74) is 3.37. The number of hydrogen-bond donors (Lipinski definition) is 2. The first-order valence-corrected chi connectivity index (χ1v) is 7.45. The zero-order valence-corrected chi connectivity index (χ0v) is 12.9. The fourth-order valence-electron chi connectivity index (χ4n) is 2.80. The Morgan fingerprint density at radius 1 is 1.25 bits per heavy atom. The molecule has 0 fully saturated rings. The number of carbonyl (C=O) groups is 1. The zero-order chi connectivity index (χ0) is 16.7. The number of aromatic nitrogens is 3. The van der Waals surface area contributed by atoms with E-state index >= 15 is 0 Å². The Kier molecular flexibility index (Phi) is 3.16. The molecule has 0 atom stereocenters. The van der Waals surface area contributed by atoms with Gasteiger partial charge in [-0.2, -0.15) is 0 Å². The summed E-state index contributed by atoms with van der Waals surface area (Å²) in [6.07, 6.45) is 5.10. The molecule has 4 aromatic rings. The number of aromatic carboxylic acids is 1. The molecule has 0 amide bonds. The van der Waals surface area contributed by atoms with Crippen molar-refractivity contribution in [2.24, 2.45) is 0 Å². The molecule has 1 aromatic carbocycles. The average molecular weight is 318 g/mol. The lowest BCUT2D eigenvalue weighted by Crippen LogP contribution is -2.02. The largest absolute Gasteiger partial charge is 0.478 e. The molecule has 6 nitrogen and oxygen atoms in total. The van der Waals surface area contributed by atoms with E-state index in [1.54, 1.807) is 29.1 Å². The van der Waals surface area contributed by atoms with Crippen molar-refractivity contribution in [3.05, 3.63) is 66.1 Å². The molecule has 0 unspecified atom stereocenters. The lowest BCUT2D eigenvalue weighted by atomic mass is 10.2. The van der Waals surface area contributed by atoms with E-state index in [9.17, 15) is 9.90 Å². The Morgan fingerprint density at radius 2 is 2.12 bits per heavy atom. The molecule has 2 N–H and O–H groups in total. The van der Waals surface area contributed by atoms with Gasteiger partial charge in [0.25, 0.3) is 0 Å². The molecular formula is C18H14N4O2. The van der Waals surface area contributed by atoms with Crippen LogP contribution in [0.4, 0.5) is 11.5 Å².